The fourth-order valence-corrected chi connectivity index (χ4v) is 2.70. The van der Waals surface area contributed by atoms with E-state index >= 15 is 0 Å². The van der Waals surface area contributed by atoms with E-state index in [-0.39, 0.29) is 11.3 Å². The molecule has 1 atom stereocenters. The molecule has 2 rings (SSSR count). The number of ketones is 1. The Kier molecular flexibility index (Phi) is 3.92. The lowest BCUT2D eigenvalue weighted by Crippen LogP contribution is -2.52. The second-order valence-corrected chi connectivity index (χ2v) is 5.60. The predicted molar refractivity (Wildman–Crippen MR) is 78.7 cm³/mol. The van der Waals surface area contributed by atoms with E-state index in [0.717, 1.165) is 25.1 Å². The Labute approximate surface area is 115 Å². The number of benzene rings is 1. The van der Waals surface area contributed by atoms with Crippen molar-refractivity contribution >= 4 is 11.5 Å². The van der Waals surface area contributed by atoms with Crippen LogP contribution in [-0.4, -0.2) is 50.0 Å². The third kappa shape index (κ3) is 2.65. The van der Waals surface area contributed by atoms with Gasteiger partial charge in [0.1, 0.15) is 0 Å². The molecule has 0 spiro atoms. The number of nitrogens with two attached hydrogens (primary N) is 1. The summed E-state index contributed by atoms with van der Waals surface area (Å²) >= 11 is 0. The normalized spacial score (nSPS) is 23.1. The molecule has 0 aliphatic carbocycles. The van der Waals surface area contributed by atoms with Crippen molar-refractivity contribution in [3.05, 3.63) is 29.8 Å². The van der Waals surface area contributed by atoms with Crippen molar-refractivity contribution < 1.29 is 4.79 Å². The third-order valence-electron chi connectivity index (χ3n) is 4.30. The smallest absolute Gasteiger partial charge is 0.159 e. The Bertz CT molecular complexity index is 455. The molecule has 0 amide bonds. The van der Waals surface area contributed by atoms with Crippen LogP contribution in [0.15, 0.2) is 24.3 Å². The molecule has 0 bridgehead atoms. The molecule has 1 aromatic carbocycles. The van der Waals surface area contributed by atoms with Crippen LogP contribution < -0.4 is 10.6 Å². The van der Waals surface area contributed by atoms with Gasteiger partial charge in [-0.25, -0.2) is 0 Å². The molecule has 1 heterocycles. The average molecular weight is 261 g/mol. The van der Waals surface area contributed by atoms with E-state index < -0.39 is 0 Å². The highest BCUT2D eigenvalue weighted by Crippen LogP contribution is 2.29. The van der Waals surface area contributed by atoms with Crippen molar-refractivity contribution in [2.24, 2.45) is 5.73 Å². The van der Waals surface area contributed by atoms with Gasteiger partial charge in [-0.15, -0.1) is 0 Å². The van der Waals surface area contributed by atoms with Gasteiger partial charge in [0, 0.05) is 30.9 Å². The topological polar surface area (TPSA) is 49.6 Å². The molecule has 1 unspecified atom stereocenters. The Balaban J connectivity index is 2.14. The highest BCUT2D eigenvalue weighted by molar-refractivity contribution is 5.94. The fourth-order valence-electron chi connectivity index (χ4n) is 2.70. The van der Waals surface area contributed by atoms with Crippen molar-refractivity contribution in [1.82, 2.24) is 4.90 Å². The van der Waals surface area contributed by atoms with Gasteiger partial charge < -0.3 is 15.5 Å². The maximum absolute atomic E-state index is 11.3. The van der Waals surface area contributed by atoms with Gasteiger partial charge in [0.05, 0.1) is 5.54 Å². The zero-order valence-corrected chi connectivity index (χ0v) is 12.0. The standard InChI is InChI=1S/C15H23N3O/c1-12(19)13-4-6-14(7-5-13)18-9-8-15(10-16,11-18)17(2)3/h4-7H,8-11,16H2,1-3H3. The second kappa shape index (κ2) is 5.31. The van der Waals surface area contributed by atoms with E-state index in [2.05, 4.69) is 23.9 Å². The first-order valence-corrected chi connectivity index (χ1v) is 6.72. The SMILES string of the molecule is CC(=O)c1ccc(N2CCC(CN)(N(C)C)C2)cc1. The van der Waals surface area contributed by atoms with E-state index in [4.69, 9.17) is 5.73 Å². The monoisotopic (exact) mass is 261 g/mol. The highest BCUT2D eigenvalue weighted by atomic mass is 16.1. The van der Waals surface area contributed by atoms with Crippen LogP contribution >= 0.6 is 0 Å². The first-order chi connectivity index (χ1) is 8.98. The van der Waals surface area contributed by atoms with Gasteiger partial charge in [-0.05, 0) is 51.7 Å². The maximum atomic E-state index is 11.3. The predicted octanol–water partition coefficient (Wildman–Crippen LogP) is 1.36. The summed E-state index contributed by atoms with van der Waals surface area (Å²) in [7, 11) is 4.18. The molecule has 4 nitrogen and oxygen atoms in total. The van der Waals surface area contributed by atoms with E-state index in [9.17, 15) is 4.79 Å². The molecule has 1 aliphatic rings. The number of carbonyl (C=O) groups excluding carboxylic acids is 1. The van der Waals surface area contributed by atoms with Gasteiger partial charge >= 0.3 is 0 Å². The van der Waals surface area contributed by atoms with Gasteiger partial charge in [0.15, 0.2) is 5.78 Å². The number of carbonyl (C=O) groups is 1. The molecule has 104 valence electrons. The average Bonchev–Trinajstić information content (AvgIpc) is 2.84. The third-order valence-corrected chi connectivity index (χ3v) is 4.30. The number of anilines is 1. The molecule has 1 fully saturated rings. The van der Waals surface area contributed by atoms with Crippen LogP contribution in [0.3, 0.4) is 0 Å². The second-order valence-electron chi connectivity index (χ2n) is 5.60. The lowest BCUT2D eigenvalue weighted by Gasteiger charge is -2.35. The summed E-state index contributed by atoms with van der Waals surface area (Å²) in [4.78, 5) is 15.9. The number of rotatable bonds is 4. The Morgan fingerprint density at radius 3 is 2.42 bits per heavy atom. The minimum Gasteiger partial charge on any atom is -0.370 e. The van der Waals surface area contributed by atoms with Crippen LogP contribution in [-0.2, 0) is 0 Å². The molecule has 4 heteroatoms. The van der Waals surface area contributed by atoms with Crippen LogP contribution in [0.4, 0.5) is 5.69 Å². The summed E-state index contributed by atoms with van der Waals surface area (Å²) in [5.41, 5.74) is 7.96. The van der Waals surface area contributed by atoms with Gasteiger partial charge in [-0.3, -0.25) is 4.79 Å². The number of hydrogen-bond acceptors (Lipinski definition) is 4. The number of hydrogen-bond donors (Lipinski definition) is 1. The number of Topliss-reactive ketones (excluding diaryl/α,β-unsaturated/α-hetero) is 1. The molecule has 1 saturated heterocycles. The summed E-state index contributed by atoms with van der Waals surface area (Å²) in [6.07, 6.45) is 1.07. The summed E-state index contributed by atoms with van der Waals surface area (Å²) in [5, 5.41) is 0. The van der Waals surface area contributed by atoms with Gasteiger partial charge in [0.25, 0.3) is 0 Å². The molecule has 1 aromatic rings. The van der Waals surface area contributed by atoms with Gasteiger partial charge in [-0.1, -0.05) is 0 Å². The van der Waals surface area contributed by atoms with Crippen LogP contribution in [0.5, 0.6) is 0 Å². The summed E-state index contributed by atoms with van der Waals surface area (Å²) < 4.78 is 0. The quantitative estimate of drug-likeness (QED) is 0.831. The molecular weight excluding hydrogens is 238 g/mol. The zero-order chi connectivity index (χ0) is 14.0. The van der Waals surface area contributed by atoms with Crippen LogP contribution in [0.1, 0.15) is 23.7 Å². The Hall–Kier alpha value is -1.39. The van der Waals surface area contributed by atoms with Gasteiger partial charge in [0.2, 0.25) is 0 Å². The summed E-state index contributed by atoms with van der Waals surface area (Å²) in [6, 6.07) is 7.85. The zero-order valence-electron chi connectivity index (χ0n) is 12.0. The molecule has 1 aliphatic heterocycles. The lowest BCUT2D eigenvalue weighted by atomic mass is 9.97. The minimum atomic E-state index is 0.0687. The van der Waals surface area contributed by atoms with E-state index in [1.54, 1.807) is 6.92 Å². The molecular formula is C15H23N3O. The van der Waals surface area contributed by atoms with Crippen molar-refractivity contribution in [3.63, 3.8) is 0 Å². The van der Waals surface area contributed by atoms with Crippen molar-refractivity contribution in [3.8, 4) is 0 Å². The first kappa shape index (κ1) is 14.0. The maximum Gasteiger partial charge on any atom is 0.159 e. The minimum absolute atomic E-state index is 0.0687. The number of nitrogens with zero attached hydrogens (tertiary/aromatic N) is 2. The van der Waals surface area contributed by atoms with Gasteiger partial charge in [-0.2, -0.15) is 0 Å². The highest BCUT2D eigenvalue weighted by Gasteiger charge is 2.38. The largest absolute Gasteiger partial charge is 0.370 e. The van der Waals surface area contributed by atoms with Crippen molar-refractivity contribution in [2.75, 3.05) is 38.6 Å². The van der Waals surface area contributed by atoms with Crippen molar-refractivity contribution in [1.29, 1.82) is 0 Å². The fraction of sp³-hybridized carbons (Fsp3) is 0.533. The molecule has 0 aromatic heterocycles. The van der Waals surface area contributed by atoms with E-state index in [1.165, 1.54) is 5.69 Å². The summed E-state index contributed by atoms with van der Waals surface area (Å²) in [6.45, 7) is 4.21. The van der Waals surface area contributed by atoms with Crippen LogP contribution in [0.25, 0.3) is 0 Å². The first-order valence-electron chi connectivity index (χ1n) is 6.72. The molecule has 2 N–H and O–H groups in total. The lowest BCUT2D eigenvalue weighted by molar-refractivity contribution is 0.101. The van der Waals surface area contributed by atoms with Crippen LogP contribution in [0, 0.1) is 0 Å². The number of likely N-dealkylation sites (N-methyl/N-ethyl adjacent to an activating group) is 1. The van der Waals surface area contributed by atoms with Crippen LogP contribution in [0.2, 0.25) is 0 Å². The molecule has 0 saturated carbocycles. The molecule has 19 heavy (non-hydrogen) atoms. The summed E-state index contributed by atoms with van der Waals surface area (Å²) in [5.74, 6) is 0.109. The van der Waals surface area contributed by atoms with E-state index in [0.29, 0.717) is 6.54 Å². The Morgan fingerprint density at radius 2 is 2.00 bits per heavy atom. The Morgan fingerprint density at radius 1 is 1.37 bits per heavy atom. The molecule has 0 radical (unpaired) electrons. The van der Waals surface area contributed by atoms with E-state index in [1.807, 2.05) is 24.3 Å². The van der Waals surface area contributed by atoms with Crippen molar-refractivity contribution in [2.45, 2.75) is 18.9 Å².